The molecule has 104 valence electrons. The number of anilines is 2. The summed E-state index contributed by atoms with van der Waals surface area (Å²) < 4.78 is 40.0. The van der Waals surface area contributed by atoms with Crippen molar-refractivity contribution in [2.24, 2.45) is 0 Å². The molecule has 0 bridgehead atoms. The van der Waals surface area contributed by atoms with Gasteiger partial charge in [0.25, 0.3) is 0 Å². The monoisotopic (exact) mass is 282 g/mol. The molecule has 0 saturated heterocycles. The molecule has 2 N–H and O–H groups in total. The van der Waals surface area contributed by atoms with E-state index in [9.17, 15) is 18.0 Å². The molecule has 0 unspecified atom stereocenters. The Labute approximate surface area is 111 Å². The predicted octanol–water partition coefficient (Wildman–Crippen LogP) is 3.25. The molecule has 0 aliphatic rings. The lowest BCUT2D eigenvalue weighted by Gasteiger charge is -2.10. The fourth-order valence-electron chi connectivity index (χ4n) is 1.57. The second kappa shape index (κ2) is 5.20. The van der Waals surface area contributed by atoms with Gasteiger partial charge in [-0.2, -0.15) is 0 Å². The Balaban J connectivity index is 2.45. The average Bonchev–Trinajstić information content (AvgIpc) is 2.37. The second-order valence-electron chi connectivity index (χ2n) is 4.06. The first-order chi connectivity index (χ1) is 9.38. The molecule has 0 fully saturated rings. The number of aromatic nitrogens is 1. The van der Waals surface area contributed by atoms with Crippen molar-refractivity contribution in [1.82, 2.24) is 4.98 Å². The van der Waals surface area contributed by atoms with Crippen LogP contribution in [0.3, 0.4) is 0 Å². The summed E-state index contributed by atoms with van der Waals surface area (Å²) in [5.41, 5.74) is -0.654. The lowest BCUT2D eigenvalue weighted by Crippen LogP contribution is -2.07. The number of nitrogens with zero attached hydrogens (tertiary/aromatic N) is 1. The highest BCUT2D eigenvalue weighted by atomic mass is 19.1. The molecule has 0 amide bonds. The van der Waals surface area contributed by atoms with Gasteiger partial charge in [-0.05, 0) is 24.6 Å². The highest BCUT2D eigenvalue weighted by Crippen LogP contribution is 2.24. The number of aromatic carboxylic acids is 1. The lowest BCUT2D eigenvalue weighted by atomic mass is 10.2. The molecule has 0 spiro atoms. The summed E-state index contributed by atoms with van der Waals surface area (Å²) in [6, 6.07) is 2.57. The maximum atomic E-state index is 13.6. The van der Waals surface area contributed by atoms with Gasteiger partial charge in [-0.25, -0.2) is 22.9 Å². The van der Waals surface area contributed by atoms with Gasteiger partial charge in [-0.1, -0.05) is 0 Å². The van der Waals surface area contributed by atoms with Crippen molar-refractivity contribution in [3.63, 3.8) is 0 Å². The van der Waals surface area contributed by atoms with Gasteiger partial charge >= 0.3 is 5.97 Å². The third kappa shape index (κ3) is 2.71. The maximum Gasteiger partial charge on any atom is 0.339 e. The molecule has 0 atom stereocenters. The number of hydrogen-bond donors (Lipinski definition) is 2. The first kappa shape index (κ1) is 13.9. The van der Waals surface area contributed by atoms with E-state index < -0.39 is 29.0 Å². The van der Waals surface area contributed by atoms with E-state index in [2.05, 4.69) is 10.3 Å². The molecule has 1 aromatic heterocycles. The SMILES string of the molecule is Cc1cc(F)c(Nc2ncc(F)cc2C(=O)O)cc1F. The zero-order valence-electron chi connectivity index (χ0n) is 10.2. The summed E-state index contributed by atoms with van der Waals surface area (Å²) in [6.07, 6.45) is 0.775. The first-order valence-electron chi connectivity index (χ1n) is 5.50. The van der Waals surface area contributed by atoms with E-state index in [1.54, 1.807) is 0 Å². The molecule has 4 nitrogen and oxygen atoms in total. The summed E-state index contributed by atoms with van der Waals surface area (Å²) in [4.78, 5) is 14.5. The molecule has 1 heterocycles. The largest absolute Gasteiger partial charge is 0.478 e. The minimum absolute atomic E-state index is 0.110. The van der Waals surface area contributed by atoms with Crippen molar-refractivity contribution >= 4 is 17.5 Å². The van der Waals surface area contributed by atoms with E-state index in [1.165, 1.54) is 6.92 Å². The number of hydrogen-bond acceptors (Lipinski definition) is 3. The zero-order chi connectivity index (χ0) is 14.9. The van der Waals surface area contributed by atoms with Crippen molar-refractivity contribution in [3.8, 4) is 0 Å². The topological polar surface area (TPSA) is 62.2 Å². The molecule has 0 aliphatic carbocycles. The summed E-state index contributed by atoms with van der Waals surface area (Å²) in [7, 11) is 0. The van der Waals surface area contributed by atoms with Crippen LogP contribution >= 0.6 is 0 Å². The van der Waals surface area contributed by atoms with Crippen molar-refractivity contribution < 1.29 is 23.1 Å². The van der Waals surface area contributed by atoms with Gasteiger partial charge in [-0.3, -0.25) is 0 Å². The van der Waals surface area contributed by atoms with Crippen molar-refractivity contribution in [3.05, 3.63) is 53.0 Å². The Morgan fingerprint density at radius 3 is 2.55 bits per heavy atom. The molecule has 0 aliphatic heterocycles. The van der Waals surface area contributed by atoms with Gasteiger partial charge in [0.1, 0.15) is 28.8 Å². The van der Waals surface area contributed by atoms with E-state index in [1.807, 2.05) is 0 Å². The summed E-state index contributed by atoms with van der Waals surface area (Å²) >= 11 is 0. The molecular weight excluding hydrogens is 273 g/mol. The van der Waals surface area contributed by atoms with E-state index in [0.717, 1.165) is 24.4 Å². The molecule has 20 heavy (non-hydrogen) atoms. The van der Waals surface area contributed by atoms with Crippen LogP contribution in [-0.2, 0) is 0 Å². The third-order valence-corrected chi connectivity index (χ3v) is 2.59. The van der Waals surface area contributed by atoms with Crippen LogP contribution in [0.25, 0.3) is 0 Å². The zero-order valence-corrected chi connectivity index (χ0v) is 10.2. The lowest BCUT2D eigenvalue weighted by molar-refractivity contribution is 0.0697. The number of carboxylic acids is 1. The molecule has 2 aromatic rings. The van der Waals surface area contributed by atoms with Gasteiger partial charge in [-0.15, -0.1) is 0 Å². The molecule has 1 aromatic carbocycles. The highest BCUT2D eigenvalue weighted by molar-refractivity contribution is 5.93. The minimum Gasteiger partial charge on any atom is -0.478 e. The number of aryl methyl sites for hydroxylation is 1. The van der Waals surface area contributed by atoms with Gasteiger partial charge < -0.3 is 10.4 Å². The van der Waals surface area contributed by atoms with Crippen LogP contribution in [0.1, 0.15) is 15.9 Å². The molecule has 2 rings (SSSR count). The Bertz CT molecular complexity index is 690. The normalized spacial score (nSPS) is 10.4. The average molecular weight is 282 g/mol. The van der Waals surface area contributed by atoms with Crippen LogP contribution in [0.5, 0.6) is 0 Å². The van der Waals surface area contributed by atoms with Crippen LogP contribution in [-0.4, -0.2) is 16.1 Å². The highest BCUT2D eigenvalue weighted by Gasteiger charge is 2.15. The number of halogens is 3. The molecule has 0 saturated carbocycles. The van der Waals surface area contributed by atoms with Crippen LogP contribution in [0, 0.1) is 24.4 Å². The smallest absolute Gasteiger partial charge is 0.339 e. The van der Waals surface area contributed by atoms with Gasteiger partial charge in [0.2, 0.25) is 0 Å². The fourth-order valence-corrected chi connectivity index (χ4v) is 1.57. The Morgan fingerprint density at radius 2 is 1.90 bits per heavy atom. The minimum atomic E-state index is -1.44. The fraction of sp³-hybridized carbons (Fsp3) is 0.0769. The van der Waals surface area contributed by atoms with E-state index in [4.69, 9.17) is 5.11 Å². The number of pyridine rings is 1. The number of rotatable bonds is 3. The number of carbonyl (C=O) groups is 1. The van der Waals surface area contributed by atoms with Crippen molar-refractivity contribution in [2.75, 3.05) is 5.32 Å². The second-order valence-corrected chi connectivity index (χ2v) is 4.06. The van der Waals surface area contributed by atoms with Crippen LogP contribution in [0.15, 0.2) is 24.4 Å². The molecule has 0 radical (unpaired) electrons. The van der Waals surface area contributed by atoms with Crippen LogP contribution < -0.4 is 5.32 Å². The summed E-state index contributed by atoms with van der Waals surface area (Å²) in [5, 5.41) is 11.3. The molecule has 7 heteroatoms. The Morgan fingerprint density at radius 1 is 1.20 bits per heavy atom. The predicted molar refractivity (Wildman–Crippen MR) is 65.5 cm³/mol. The van der Waals surface area contributed by atoms with Crippen molar-refractivity contribution in [2.45, 2.75) is 6.92 Å². The van der Waals surface area contributed by atoms with Crippen molar-refractivity contribution in [1.29, 1.82) is 0 Å². The maximum absolute atomic E-state index is 13.6. The number of carboxylic acid groups (broad SMARTS) is 1. The van der Waals surface area contributed by atoms with Gasteiger partial charge in [0, 0.05) is 6.07 Å². The standard InChI is InChI=1S/C13H9F3N2O2/c1-6-2-10(16)11(4-9(6)15)18-12-8(13(19)20)3-7(14)5-17-12/h2-5H,1H3,(H,17,18)(H,19,20). The Hall–Kier alpha value is -2.57. The van der Waals surface area contributed by atoms with Crippen LogP contribution in [0.2, 0.25) is 0 Å². The van der Waals surface area contributed by atoms with Crippen LogP contribution in [0.4, 0.5) is 24.7 Å². The van der Waals surface area contributed by atoms with E-state index in [0.29, 0.717) is 0 Å². The van der Waals surface area contributed by atoms with E-state index >= 15 is 0 Å². The number of nitrogens with one attached hydrogen (secondary N) is 1. The Kier molecular flexibility index (Phi) is 3.60. The quantitative estimate of drug-likeness (QED) is 0.907. The van der Waals surface area contributed by atoms with Gasteiger partial charge in [0.05, 0.1) is 11.9 Å². The summed E-state index contributed by atoms with van der Waals surface area (Å²) in [5.74, 6) is -3.99. The summed E-state index contributed by atoms with van der Waals surface area (Å²) in [6.45, 7) is 1.39. The van der Waals surface area contributed by atoms with Gasteiger partial charge in [0.15, 0.2) is 0 Å². The number of benzene rings is 1. The van der Waals surface area contributed by atoms with E-state index in [-0.39, 0.29) is 17.1 Å². The molecular formula is C13H9F3N2O2. The third-order valence-electron chi connectivity index (χ3n) is 2.59. The first-order valence-corrected chi connectivity index (χ1v) is 5.50.